The Bertz CT molecular complexity index is 1110. The van der Waals surface area contributed by atoms with Crippen LogP contribution in [0.1, 0.15) is 42.3 Å². The fraction of sp³-hybridized carbons (Fsp3) is 0.364. The van der Waals surface area contributed by atoms with E-state index in [1.165, 1.54) is 4.57 Å². The summed E-state index contributed by atoms with van der Waals surface area (Å²) in [5, 5.41) is 14.4. The molecule has 152 valence electrons. The quantitative estimate of drug-likeness (QED) is 0.576. The number of carbonyl (C=O) groups is 1. The Morgan fingerprint density at radius 3 is 2.66 bits per heavy atom. The van der Waals surface area contributed by atoms with Crippen LogP contribution in [-0.4, -0.2) is 32.1 Å². The van der Waals surface area contributed by atoms with Crippen molar-refractivity contribution in [3.63, 3.8) is 0 Å². The van der Waals surface area contributed by atoms with E-state index in [1.807, 2.05) is 44.2 Å². The second-order valence-corrected chi connectivity index (χ2v) is 8.74. The van der Waals surface area contributed by atoms with E-state index in [4.69, 9.17) is 0 Å². The summed E-state index contributed by atoms with van der Waals surface area (Å²) >= 11 is 3.37. The largest absolute Gasteiger partial charge is 0.387 e. The van der Waals surface area contributed by atoms with Gasteiger partial charge in [0.05, 0.1) is 23.7 Å². The molecule has 1 aromatic heterocycles. The molecule has 2 aromatic carbocycles. The SMILES string of the molecule is CC(C)NC1CCn2c(=O)n(CC(=O)c3ccc(Br)cc3)c3cccc(c32)C1O. The molecule has 0 saturated carbocycles. The number of hydrogen-bond donors (Lipinski definition) is 2. The Morgan fingerprint density at radius 2 is 1.97 bits per heavy atom. The number of nitrogens with zero attached hydrogens (tertiary/aromatic N) is 2. The monoisotopic (exact) mass is 457 g/mol. The van der Waals surface area contributed by atoms with Crippen LogP contribution in [0.4, 0.5) is 0 Å². The van der Waals surface area contributed by atoms with Crippen molar-refractivity contribution >= 4 is 32.7 Å². The normalized spacial score (nSPS) is 18.9. The number of Topliss-reactive ketones (excluding diaryl/α,β-unsaturated/α-hetero) is 1. The molecule has 0 bridgehead atoms. The highest BCUT2D eigenvalue weighted by Crippen LogP contribution is 2.31. The number of nitrogens with one attached hydrogen (secondary N) is 1. The third kappa shape index (κ3) is 3.70. The predicted octanol–water partition coefficient (Wildman–Crippen LogP) is 3.25. The highest BCUT2D eigenvalue weighted by Gasteiger charge is 2.30. The van der Waals surface area contributed by atoms with E-state index in [2.05, 4.69) is 21.2 Å². The molecular weight excluding hydrogens is 434 g/mol. The maximum atomic E-state index is 13.2. The van der Waals surface area contributed by atoms with Crippen molar-refractivity contribution < 1.29 is 9.90 Å². The van der Waals surface area contributed by atoms with Gasteiger partial charge in [0.1, 0.15) is 0 Å². The Labute approximate surface area is 177 Å². The minimum atomic E-state index is -0.715. The second kappa shape index (κ2) is 7.89. The topological polar surface area (TPSA) is 76.3 Å². The lowest BCUT2D eigenvalue weighted by Crippen LogP contribution is -2.39. The van der Waals surface area contributed by atoms with E-state index in [1.54, 1.807) is 16.7 Å². The van der Waals surface area contributed by atoms with E-state index in [0.29, 0.717) is 24.0 Å². The summed E-state index contributed by atoms with van der Waals surface area (Å²) < 4.78 is 4.12. The lowest BCUT2D eigenvalue weighted by molar-refractivity contribution is 0.0972. The zero-order valence-electron chi connectivity index (χ0n) is 16.4. The maximum Gasteiger partial charge on any atom is 0.329 e. The molecule has 7 heteroatoms. The summed E-state index contributed by atoms with van der Waals surface area (Å²) in [7, 11) is 0. The van der Waals surface area contributed by atoms with Gasteiger partial charge >= 0.3 is 5.69 Å². The van der Waals surface area contributed by atoms with Crippen molar-refractivity contribution in [2.24, 2.45) is 0 Å². The van der Waals surface area contributed by atoms with Gasteiger partial charge in [-0.1, -0.05) is 54.0 Å². The summed E-state index contributed by atoms with van der Waals surface area (Å²) in [6.07, 6.45) is -0.0828. The van der Waals surface area contributed by atoms with E-state index in [9.17, 15) is 14.7 Å². The lowest BCUT2D eigenvalue weighted by Gasteiger charge is -2.25. The number of benzene rings is 2. The Balaban J connectivity index is 1.76. The molecule has 0 radical (unpaired) electrons. The summed E-state index contributed by atoms with van der Waals surface area (Å²) in [5.74, 6) is -0.124. The Hall–Kier alpha value is -2.22. The molecule has 0 saturated heterocycles. The van der Waals surface area contributed by atoms with Gasteiger partial charge in [-0.2, -0.15) is 0 Å². The van der Waals surface area contributed by atoms with E-state index in [-0.39, 0.29) is 30.1 Å². The van der Waals surface area contributed by atoms with E-state index < -0.39 is 6.10 Å². The van der Waals surface area contributed by atoms with Crippen LogP contribution in [0, 0.1) is 0 Å². The molecule has 29 heavy (non-hydrogen) atoms. The maximum absolute atomic E-state index is 13.2. The number of aliphatic hydroxyl groups excluding tert-OH is 1. The molecule has 3 aromatic rings. The van der Waals surface area contributed by atoms with Gasteiger partial charge in [-0.25, -0.2) is 4.79 Å². The number of aromatic nitrogens is 2. The molecule has 4 rings (SSSR count). The number of ketones is 1. The third-order valence-corrected chi connectivity index (χ3v) is 5.98. The molecule has 2 heterocycles. The minimum absolute atomic E-state index is 0.0306. The van der Waals surface area contributed by atoms with Gasteiger partial charge in [0, 0.05) is 34.2 Å². The van der Waals surface area contributed by atoms with Gasteiger partial charge in [0.25, 0.3) is 0 Å². The highest BCUT2D eigenvalue weighted by atomic mass is 79.9. The van der Waals surface area contributed by atoms with Crippen LogP contribution in [0.15, 0.2) is 51.7 Å². The van der Waals surface area contributed by atoms with Crippen molar-refractivity contribution in [2.75, 3.05) is 0 Å². The summed E-state index contributed by atoms with van der Waals surface area (Å²) in [4.78, 5) is 26.0. The molecule has 2 unspecified atom stereocenters. The van der Waals surface area contributed by atoms with E-state index >= 15 is 0 Å². The van der Waals surface area contributed by atoms with Crippen LogP contribution in [0.2, 0.25) is 0 Å². The van der Waals surface area contributed by atoms with E-state index in [0.717, 1.165) is 15.6 Å². The van der Waals surface area contributed by atoms with Crippen molar-refractivity contribution in [3.05, 3.63) is 68.5 Å². The summed E-state index contributed by atoms with van der Waals surface area (Å²) in [5.41, 5.74) is 2.48. The Kier molecular flexibility index (Phi) is 5.46. The molecule has 0 spiro atoms. The van der Waals surface area contributed by atoms with Crippen LogP contribution in [-0.2, 0) is 13.1 Å². The first-order chi connectivity index (χ1) is 13.9. The van der Waals surface area contributed by atoms with Crippen molar-refractivity contribution in [3.8, 4) is 0 Å². The third-order valence-electron chi connectivity index (χ3n) is 5.45. The summed E-state index contributed by atoms with van der Waals surface area (Å²) in [6.45, 7) is 4.54. The molecule has 0 aliphatic carbocycles. The van der Waals surface area contributed by atoms with Crippen LogP contribution < -0.4 is 11.0 Å². The number of para-hydroxylation sites is 1. The van der Waals surface area contributed by atoms with Crippen LogP contribution in [0.3, 0.4) is 0 Å². The lowest BCUT2D eigenvalue weighted by atomic mass is 9.99. The first-order valence-corrected chi connectivity index (χ1v) is 10.6. The van der Waals surface area contributed by atoms with Gasteiger partial charge in [-0.15, -0.1) is 0 Å². The average molecular weight is 458 g/mol. The van der Waals surface area contributed by atoms with Crippen molar-refractivity contribution in [1.82, 2.24) is 14.5 Å². The highest BCUT2D eigenvalue weighted by molar-refractivity contribution is 9.10. The number of carbonyl (C=O) groups excluding carboxylic acids is 1. The molecule has 2 atom stereocenters. The Morgan fingerprint density at radius 1 is 1.24 bits per heavy atom. The first-order valence-electron chi connectivity index (χ1n) is 9.81. The fourth-order valence-electron chi connectivity index (χ4n) is 4.12. The van der Waals surface area contributed by atoms with Gasteiger partial charge in [-0.05, 0) is 24.6 Å². The standard InChI is InChI=1S/C22H24BrN3O3/c1-13(2)24-17-10-11-25-20-16(21(17)28)4-3-5-18(20)26(22(25)29)12-19(27)14-6-8-15(23)9-7-14/h3-9,13,17,21,24,28H,10-12H2,1-2H3. The van der Waals surface area contributed by atoms with Crippen LogP contribution in [0.25, 0.3) is 11.0 Å². The van der Waals surface area contributed by atoms with Gasteiger partial charge in [-0.3, -0.25) is 13.9 Å². The number of hydrogen-bond acceptors (Lipinski definition) is 4. The molecule has 2 N–H and O–H groups in total. The first kappa shape index (κ1) is 20.1. The number of halogens is 1. The molecular formula is C22H24BrN3O3. The number of imidazole rings is 1. The molecule has 1 aliphatic rings. The zero-order valence-corrected chi connectivity index (χ0v) is 18.0. The van der Waals surface area contributed by atoms with Gasteiger partial charge in [0.2, 0.25) is 0 Å². The number of aliphatic hydroxyl groups is 1. The molecule has 0 fully saturated rings. The van der Waals surface area contributed by atoms with Crippen molar-refractivity contribution in [1.29, 1.82) is 0 Å². The number of rotatable bonds is 5. The molecule has 1 aliphatic heterocycles. The predicted molar refractivity (Wildman–Crippen MR) is 116 cm³/mol. The zero-order chi connectivity index (χ0) is 20.7. The smallest absolute Gasteiger partial charge is 0.329 e. The molecule has 6 nitrogen and oxygen atoms in total. The van der Waals surface area contributed by atoms with Gasteiger partial charge < -0.3 is 10.4 Å². The molecule has 0 amide bonds. The minimum Gasteiger partial charge on any atom is -0.387 e. The van der Waals surface area contributed by atoms with Gasteiger partial charge in [0.15, 0.2) is 5.78 Å². The van der Waals surface area contributed by atoms with Crippen molar-refractivity contribution in [2.45, 2.75) is 51.5 Å². The summed E-state index contributed by atoms with van der Waals surface area (Å²) in [6, 6.07) is 12.8. The van der Waals surface area contributed by atoms with Crippen LogP contribution >= 0.6 is 15.9 Å². The average Bonchev–Trinajstić information content (AvgIpc) is 2.87. The second-order valence-electron chi connectivity index (χ2n) is 7.83. The number of aryl methyl sites for hydroxylation is 1. The fourth-order valence-corrected chi connectivity index (χ4v) is 4.38. The van der Waals surface area contributed by atoms with Crippen LogP contribution in [0.5, 0.6) is 0 Å².